The van der Waals surface area contributed by atoms with Crippen molar-refractivity contribution in [1.82, 2.24) is 10.2 Å². The molecular formula is C12H14BrN3S2. The minimum absolute atomic E-state index is 0.863. The molecule has 0 spiro atoms. The molecule has 0 radical (unpaired) electrons. The molecule has 0 aliphatic rings. The summed E-state index contributed by atoms with van der Waals surface area (Å²) in [6, 6.07) is 8.29. The van der Waals surface area contributed by atoms with Gasteiger partial charge in [0.1, 0.15) is 5.01 Å². The smallest absolute Gasteiger partial charge is 0.205 e. The van der Waals surface area contributed by atoms with Crippen molar-refractivity contribution in [3.8, 4) is 0 Å². The van der Waals surface area contributed by atoms with Crippen molar-refractivity contribution in [1.29, 1.82) is 0 Å². The standard InChI is InChI=1S/C12H14BrN3S2/c1-2-6-14-12-16-15-11(18-12)8-17-10-5-3-4-9(13)7-10/h3-5,7H,2,6,8H2,1H3,(H,14,16). The van der Waals surface area contributed by atoms with E-state index in [1.165, 1.54) is 4.90 Å². The minimum Gasteiger partial charge on any atom is -0.360 e. The van der Waals surface area contributed by atoms with Crippen molar-refractivity contribution in [3.63, 3.8) is 0 Å². The predicted molar refractivity (Wildman–Crippen MR) is 82.4 cm³/mol. The maximum atomic E-state index is 4.18. The van der Waals surface area contributed by atoms with Gasteiger partial charge in [-0.3, -0.25) is 0 Å². The second kappa shape index (κ2) is 7.11. The van der Waals surface area contributed by atoms with Crippen LogP contribution in [0, 0.1) is 0 Å². The molecule has 0 atom stereocenters. The number of anilines is 1. The zero-order valence-corrected chi connectivity index (χ0v) is 13.2. The van der Waals surface area contributed by atoms with E-state index >= 15 is 0 Å². The fourth-order valence-electron chi connectivity index (χ4n) is 1.32. The highest BCUT2D eigenvalue weighted by molar-refractivity contribution is 9.10. The first-order chi connectivity index (χ1) is 8.78. The van der Waals surface area contributed by atoms with Crippen molar-refractivity contribution in [2.75, 3.05) is 11.9 Å². The van der Waals surface area contributed by atoms with E-state index in [0.29, 0.717) is 0 Å². The van der Waals surface area contributed by atoms with Gasteiger partial charge >= 0.3 is 0 Å². The van der Waals surface area contributed by atoms with E-state index in [2.05, 4.69) is 50.5 Å². The summed E-state index contributed by atoms with van der Waals surface area (Å²) in [6.45, 7) is 3.09. The third-order valence-electron chi connectivity index (χ3n) is 2.15. The van der Waals surface area contributed by atoms with Gasteiger partial charge in [0.05, 0.1) is 5.75 Å². The Morgan fingerprint density at radius 1 is 1.39 bits per heavy atom. The second-order valence-electron chi connectivity index (χ2n) is 3.67. The maximum absolute atomic E-state index is 4.18. The molecule has 3 nitrogen and oxygen atoms in total. The van der Waals surface area contributed by atoms with Crippen LogP contribution >= 0.6 is 39.0 Å². The second-order valence-corrected chi connectivity index (χ2v) is 6.70. The van der Waals surface area contributed by atoms with Crippen LogP contribution in [-0.4, -0.2) is 16.7 Å². The lowest BCUT2D eigenvalue weighted by Gasteiger charge is -1.99. The minimum atomic E-state index is 0.863. The lowest BCUT2D eigenvalue weighted by molar-refractivity contribution is 0.958. The average Bonchev–Trinajstić information content (AvgIpc) is 2.82. The van der Waals surface area contributed by atoms with Gasteiger partial charge in [0.25, 0.3) is 0 Å². The van der Waals surface area contributed by atoms with E-state index < -0.39 is 0 Å². The number of thioether (sulfide) groups is 1. The van der Waals surface area contributed by atoms with Gasteiger partial charge < -0.3 is 5.32 Å². The molecule has 0 unspecified atom stereocenters. The molecule has 2 rings (SSSR count). The summed E-state index contributed by atoms with van der Waals surface area (Å²) >= 11 is 6.88. The van der Waals surface area contributed by atoms with E-state index in [1.54, 1.807) is 23.1 Å². The molecule has 0 saturated carbocycles. The molecule has 1 N–H and O–H groups in total. The Bertz CT molecular complexity index is 502. The monoisotopic (exact) mass is 343 g/mol. The van der Waals surface area contributed by atoms with Crippen molar-refractivity contribution in [2.24, 2.45) is 0 Å². The zero-order valence-electron chi connectivity index (χ0n) is 10.0. The molecule has 18 heavy (non-hydrogen) atoms. The van der Waals surface area contributed by atoms with Crippen molar-refractivity contribution >= 4 is 44.2 Å². The van der Waals surface area contributed by atoms with Crippen LogP contribution in [0.1, 0.15) is 18.4 Å². The van der Waals surface area contributed by atoms with Gasteiger partial charge in [0.2, 0.25) is 5.13 Å². The van der Waals surface area contributed by atoms with Crippen LogP contribution in [0.25, 0.3) is 0 Å². The number of benzene rings is 1. The summed E-state index contributed by atoms with van der Waals surface area (Å²) < 4.78 is 1.11. The Hall–Kier alpha value is -0.590. The Morgan fingerprint density at radius 2 is 2.28 bits per heavy atom. The lowest BCUT2D eigenvalue weighted by atomic mass is 10.4. The summed E-state index contributed by atoms with van der Waals surface area (Å²) in [7, 11) is 0. The van der Waals surface area contributed by atoms with Gasteiger partial charge in [-0.1, -0.05) is 40.3 Å². The Kier molecular flexibility index (Phi) is 5.46. The number of nitrogens with zero attached hydrogens (tertiary/aromatic N) is 2. The van der Waals surface area contributed by atoms with Crippen molar-refractivity contribution in [3.05, 3.63) is 33.7 Å². The van der Waals surface area contributed by atoms with E-state index in [-0.39, 0.29) is 0 Å². The summed E-state index contributed by atoms with van der Waals surface area (Å²) in [5.74, 6) is 0.863. The SMILES string of the molecule is CCCNc1nnc(CSc2cccc(Br)c2)s1. The van der Waals surface area contributed by atoms with E-state index in [4.69, 9.17) is 0 Å². The van der Waals surface area contributed by atoms with Crippen LogP contribution < -0.4 is 5.32 Å². The first-order valence-corrected chi connectivity index (χ1v) is 8.32. The number of aromatic nitrogens is 2. The molecule has 2 aromatic rings. The van der Waals surface area contributed by atoms with Crippen molar-refractivity contribution < 1.29 is 0 Å². The molecule has 0 bridgehead atoms. The first-order valence-electron chi connectivity index (χ1n) is 5.72. The highest BCUT2D eigenvalue weighted by Crippen LogP contribution is 2.27. The number of hydrogen-bond donors (Lipinski definition) is 1. The molecule has 1 aromatic carbocycles. The normalized spacial score (nSPS) is 10.6. The Morgan fingerprint density at radius 3 is 3.06 bits per heavy atom. The highest BCUT2D eigenvalue weighted by atomic mass is 79.9. The van der Waals surface area contributed by atoms with Gasteiger partial charge in [0, 0.05) is 15.9 Å². The number of hydrogen-bond acceptors (Lipinski definition) is 5. The maximum Gasteiger partial charge on any atom is 0.205 e. The molecule has 0 amide bonds. The molecule has 6 heteroatoms. The number of nitrogens with one attached hydrogen (secondary N) is 1. The fourth-order valence-corrected chi connectivity index (χ4v) is 3.57. The largest absolute Gasteiger partial charge is 0.360 e. The molecule has 0 aliphatic heterocycles. The summed E-state index contributed by atoms with van der Waals surface area (Å²) in [4.78, 5) is 1.24. The van der Waals surface area contributed by atoms with Gasteiger partial charge in [0.15, 0.2) is 0 Å². The predicted octanol–water partition coefficient (Wildman–Crippen LogP) is 4.41. The highest BCUT2D eigenvalue weighted by Gasteiger charge is 2.04. The zero-order chi connectivity index (χ0) is 12.8. The number of halogens is 1. The van der Waals surface area contributed by atoms with Gasteiger partial charge in [-0.15, -0.1) is 22.0 Å². The van der Waals surface area contributed by atoms with E-state index in [0.717, 1.165) is 33.3 Å². The lowest BCUT2D eigenvalue weighted by Crippen LogP contribution is -1.98. The van der Waals surface area contributed by atoms with Crippen LogP contribution in [0.15, 0.2) is 33.6 Å². The van der Waals surface area contributed by atoms with Crippen LogP contribution in [-0.2, 0) is 5.75 Å². The van der Waals surface area contributed by atoms with E-state index in [1.807, 2.05) is 12.1 Å². The molecular weight excluding hydrogens is 330 g/mol. The van der Waals surface area contributed by atoms with Crippen LogP contribution in [0.3, 0.4) is 0 Å². The molecule has 1 aromatic heterocycles. The van der Waals surface area contributed by atoms with Gasteiger partial charge in [-0.05, 0) is 24.6 Å². The molecule has 0 aliphatic carbocycles. The molecule has 96 valence electrons. The Labute approximate surface area is 124 Å². The Balaban J connectivity index is 1.88. The van der Waals surface area contributed by atoms with Crippen molar-refractivity contribution in [2.45, 2.75) is 24.0 Å². The van der Waals surface area contributed by atoms with Gasteiger partial charge in [-0.25, -0.2) is 0 Å². The molecule has 0 saturated heterocycles. The third kappa shape index (κ3) is 4.26. The fraction of sp³-hybridized carbons (Fsp3) is 0.333. The summed E-state index contributed by atoms with van der Waals surface area (Å²) in [5.41, 5.74) is 0. The molecule has 0 fully saturated rings. The van der Waals surface area contributed by atoms with Crippen LogP contribution in [0.2, 0.25) is 0 Å². The van der Waals surface area contributed by atoms with E-state index in [9.17, 15) is 0 Å². The third-order valence-corrected chi connectivity index (χ3v) is 4.71. The van der Waals surface area contributed by atoms with Crippen LogP contribution in [0.5, 0.6) is 0 Å². The summed E-state index contributed by atoms with van der Waals surface area (Å²) in [5, 5.41) is 13.5. The van der Waals surface area contributed by atoms with Gasteiger partial charge in [-0.2, -0.15) is 0 Å². The topological polar surface area (TPSA) is 37.8 Å². The first kappa shape index (κ1) is 13.8. The number of rotatable bonds is 6. The molecule has 1 heterocycles. The quantitative estimate of drug-likeness (QED) is 0.788. The van der Waals surface area contributed by atoms with Crippen LogP contribution in [0.4, 0.5) is 5.13 Å². The average molecular weight is 344 g/mol. The summed E-state index contributed by atoms with van der Waals surface area (Å²) in [6.07, 6.45) is 1.10.